The molecule has 0 saturated carbocycles. The van der Waals surface area contributed by atoms with Crippen molar-refractivity contribution in [2.45, 2.75) is 4.90 Å². The number of ether oxygens (including phenoxy) is 2. The molecular formula is C14H16N2O4S. The Labute approximate surface area is 123 Å². The van der Waals surface area contributed by atoms with Gasteiger partial charge < -0.3 is 15.2 Å². The summed E-state index contributed by atoms with van der Waals surface area (Å²) < 4.78 is 33.1. The number of anilines is 1. The number of nitrogens with two attached hydrogens (primary N) is 2. The lowest BCUT2D eigenvalue weighted by molar-refractivity contribution is 0.218. The molecule has 0 heterocycles. The van der Waals surface area contributed by atoms with Crippen LogP contribution in [0.2, 0.25) is 0 Å². The smallest absolute Gasteiger partial charge is 0.238 e. The molecule has 21 heavy (non-hydrogen) atoms. The second-order valence-corrected chi connectivity index (χ2v) is 5.81. The first kappa shape index (κ1) is 15.1. The normalized spacial score (nSPS) is 11.1. The average Bonchev–Trinajstić information content (AvgIpc) is 2.45. The van der Waals surface area contributed by atoms with Crippen molar-refractivity contribution in [3.05, 3.63) is 48.5 Å². The van der Waals surface area contributed by atoms with Gasteiger partial charge in [0.1, 0.15) is 24.7 Å². The van der Waals surface area contributed by atoms with Crippen molar-refractivity contribution in [3.8, 4) is 11.5 Å². The minimum absolute atomic E-state index is 0.0446. The molecule has 0 radical (unpaired) electrons. The van der Waals surface area contributed by atoms with Crippen LogP contribution in [0, 0.1) is 0 Å². The highest BCUT2D eigenvalue weighted by Crippen LogP contribution is 2.19. The van der Waals surface area contributed by atoms with E-state index in [-0.39, 0.29) is 4.90 Å². The summed E-state index contributed by atoms with van der Waals surface area (Å²) in [4.78, 5) is 0.0446. The van der Waals surface area contributed by atoms with Gasteiger partial charge in [-0.1, -0.05) is 12.1 Å². The van der Waals surface area contributed by atoms with Gasteiger partial charge in [-0.05, 0) is 36.4 Å². The van der Waals surface area contributed by atoms with E-state index < -0.39 is 10.0 Å². The fraction of sp³-hybridized carbons (Fsp3) is 0.143. The van der Waals surface area contributed by atoms with E-state index in [4.69, 9.17) is 20.3 Å². The van der Waals surface area contributed by atoms with Crippen molar-refractivity contribution in [2.75, 3.05) is 18.9 Å². The number of sulfonamides is 1. The van der Waals surface area contributed by atoms with E-state index in [0.717, 1.165) is 0 Å². The minimum atomic E-state index is -3.68. The molecule has 0 aromatic heterocycles. The van der Waals surface area contributed by atoms with Gasteiger partial charge in [0.15, 0.2) is 0 Å². The molecular weight excluding hydrogens is 292 g/mol. The molecule has 0 amide bonds. The molecule has 2 aromatic rings. The summed E-state index contributed by atoms with van der Waals surface area (Å²) >= 11 is 0. The first-order valence-corrected chi connectivity index (χ1v) is 7.74. The van der Waals surface area contributed by atoms with Gasteiger partial charge in [0.25, 0.3) is 0 Å². The number of para-hydroxylation sites is 2. The summed E-state index contributed by atoms with van der Waals surface area (Å²) in [6, 6.07) is 13.0. The Bertz CT molecular complexity index is 699. The van der Waals surface area contributed by atoms with Gasteiger partial charge in [0.2, 0.25) is 10.0 Å². The van der Waals surface area contributed by atoms with Gasteiger partial charge in [-0.2, -0.15) is 0 Å². The molecule has 2 aromatic carbocycles. The monoisotopic (exact) mass is 308 g/mol. The molecule has 0 spiro atoms. The second kappa shape index (κ2) is 6.47. The maximum Gasteiger partial charge on any atom is 0.238 e. The Morgan fingerprint density at radius 2 is 1.52 bits per heavy atom. The van der Waals surface area contributed by atoms with E-state index in [1.54, 1.807) is 12.1 Å². The Kier molecular flexibility index (Phi) is 4.66. The molecule has 0 atom stereocenters. The third-order valence-electron chi connectivity index (χ3n) is 2.68. The van der Waals surface area contributed by atoms with Crippen molar-refractivity contribution < 1.29 is 17.9 Å². The summed E-state index contributed by atoms with van der Waals surface area (Å²) in [5, 5.41) is 5.01. The van der Waals surface area contributed by atoms with Crippen LogP contribution in [0.3, 0.4) is 0 Å². The average molecular weight is 308 g/mol. The predicted molar refractivity (Wildman–Crippen MR) is 79.7 cm³/mol. The summed E-state index contributed by atoms with van der Waals surface area (Å²) in [5.74, 6) is 1.14. The quantitative estimate of drug-likeness (QED) is 0.619. The van der Waals surface area contributed by atoms with Crippen molar-refractivity contribution >= 4 is 15.7 Å². The van der Waals surface area contributed by atoms with E-state index in [1.165, 1.54) is 24.3 Å². The highest BCUT2D eigenvalue weighted by Gasteiger charge is 2.07. The van der Waals surface area contributed by atoms with Crippen LogP contribution in [-0.4, -0.2) is 21.6 Å². The topological polar surface area (TPSA) is 105 Å². The van der Waals surface area contributed by atoms with Gasteiger partial charge >= 0.3 is 0 Å². The third kappa shape index (κ3) is 4.37. The van der Waals surface area contributed by atoms with E-state index in [0.29, 0.717) is 30.4 Å². The van der Waals surface area contributed by atoms with Gasteiger partial charge in [0, 0.05) is 0 Å². The number of hydrogen-bond donors (Lipinski definition) is 2. The Hall–Kier alpha value is -2.25. The van der Waals surface area contributed by atoms with Crippen molar-refractivity contribution in [2.24, 2.45) is 5.14 Å². The first-order chi connectivity index (χ1) is 9.97. The Morgan fingerprint density at radius 3 is 2.14 bits per heavy atom. The molecule has 0 bridgehead atoms. The fourth-order valence-electron chi connectivity index (χ4n) is 1.65. The zero-order chi connectivity index (χ0) is 15.3. The minimum Gasteiger partial charge on any atom is -0.490 e. The molecule has 0 aliphatic rings. The molecule has 0 aliphatic heterocycles. The lowest BCUT2D eigenvalue weighted by Crippen LogP contribution is -2.12. The zero-order valence-electron chi connectivity index (χ0n) is 11.2. The molecule has 112 valence electrons. The van der Waals surface area contributed by atoms with Crippen molar-refractivity contribution in [3.63, 3.8) is 0 Å². The van der Waals surface area contributed by atoms with Gasteiger partial charge in [-0.3, -0.25) is 0 Å². The Morgan fingerprint density at radius 1 is 0.905 bits per heavy atom. The molecule has 6 nitrogen and oxygen atoms in total. The van der Waals surface area contributed by atoms with Crippen LogP contribution >= 0.6 is 0 Å². The van der Waals surface area contributed by atoms with Crippen molar-refractivity contribution in [1.29, 1.82) is 0 Å². The summed E-state index contributed by atoms with van der Waals surface area (Å²) in [7, 11) is -3.68. The van der Waals surface area contributed by atoms with E-state index >= 15 is 0 Å². The highest BCUT2D eigenvalue weighted by atomic mass is 32.2. The van der Waals surface area contributed by atoms with Crippen LogP contribution in [0.4, 0.5) is 5.69 Å². The van der Waals surface area contributed by atoms with E-state index in [9.17, 15) is 8.42 Å². The first-order valence-electron chi connectivity index (χ1n) is 6.20. The molecule has 0 unspecified atom stereocenters. The second-order valence-electron chi connectivity index (χ2n) is 4.25. The number of primary sulfonamides is 1. The van der Waals surface area contributed by atoms with E-state index in [2.05, 4.69) is 0 Å². The molecule has 0 aliphatic carbocycles. The van der Waals surface area contributed by atoms with Crippen LogP contribution in [0.15, 0.2) is 53.4 Å². The summed E-state index contributed by atoms with van der Waals surface area (Å²) in [6.07, 6.45) is 0. The summed E-state index contributed by atoms with van der Waals surface area (Å²) in [6.45, 7) is 0.633. The molecule has 0 saturated heterocycles. The lowest BCUT2D eigenvalue weighted by atomic mass is 10.3. The van der Waals surface area contributed by atoms with Gasteiger partial charge in [0.05, 0.1) is 10.6 Å². The number of rotatable bonds is 6. The van der Waals surface area contributed by atoms with Gasteiger partial charge in [-0.25, -0.2) is 13.6 Å². The van der Waals surface area contributed by atoms with Crippen LogP contribution in [0.1, 0.15) is 0 Å². The highest BCUT2D eigenvalue weighted by molar-refractivity contribution is 7.89. The molecule has 0 fully saturated rings. The van der Waals surface area contributed by atoms with Crippen LogP contribution in [0.5, 0.6) is 11.5 Å². The van der Waals surface area contributed by atoms with Crippen LogP contribution < -0.4 is 20.3 Å². The molecule has 2 rings (SSSR count). The zero-order valence-corrected chi connectivity index (χ0v) is 12.0. The summed E-state index contributed by atoms with van der Waals surface area (Å²) in [5.41, 5.74) is 6.30. The maximum absolute atomic E-state index is 11.1. The Balaban J connectivity index is 1.83. The van der Waals surface area contributed by atoms with Gasteiger partial charge in [-0.15, -0.1) is 0 Å². The lowest BCUT2D eigenvalue weighted by Gasteiger charge is -2.10. The fourth-order valence-corrected chi connectivity index (χ4v) is 2.16. The van der Waals surface area contributed by atoms with Crippen LogP contribution in [-0.2, 0) is 10.0 Å². The molecule has 4 N–H and O–H groups in total. The van der Waals surface area contributed by atoms with Crippen LogP contribution in [0.25, 0.3) is 0 Å². The third-order valence-corrected chi connectivity index (χ3v) is 3.61. The standard InChI is InChI=1S/C14H16N2O4S/c15-13-3-1-2-4-14(13)20-10-9-19-11-5-7-12(8-6-11)21(16,17)18/h1-8H,9-10,15H2,(H2,16,17,18). The van der Waals surface area contributed by atoms with Crippen molar-refractivity contribution in [1.82, 2.24) is 0 Å². The maximum atomic E-state index is 11.1. The SMILES string of the molecule is Nc1ccccc1OCCOc1ccc(S(N)(=O)=O)cc1. The number of nitrogen functional groups attached to an aromatic ring is 1. The number of hydrogen-bond acceptors (Lipinski definition) is 5. The predicted octanol–water partition coefficient (Wildman–Crippen LogP) is 1.37. The number of benzene rings is 2. The largest absolute Gasteiger partial charge is 0.490 e. The molecule has 7 heteroatoms. The van der Waals surface area contributed by atoms with E-state index in [1.807, 2.05) is 12.1 Å².